The van der Waals surface area contributed by atoms with Gasteiger partial charge in [0, 0.05) is 4.88 Å². The van der Waals surface area contributed by atoms with E-state index >= 15 is 0 Å². The minimum Gasteiger partial charge on any atom is -0.295 e. The number of nitrogens with zero attached hydrogens (tertiary/aromatic N) is 1. The van der Waals surface area contributed by atoms with Gasteiger partial charge in [0.2, 0.25) is 11.8 Å². The minimum atomic E-state index is -0.697. The number of carbonyl (C=O) groups excluding carboxylic acids is 2. The number of carbonyl (C=O) groups is 2. The van der Waals surface area contributed by atoms with Crippen molar-refractivity contribution in [3.63, 3.8) is 0 Å². The normalized spacial score (nSPS) is 19.8. The Balaban J connectivity index is 2.22. The van der Waals surface area contributed by atoms with Crippen LogP contribution < -0.4 is 5.32 Å². The van der Waals surface area contributed by atoms with E-state index in [2.05, 4.69) is 5.32 Å². The summed E-state index contributed by atoms with van der Waals surface area (Å²) >= 11 is 7.42. The summed E-state index contributed by atoms with van der Waals surface area (Å²) in [7, 11) is 0. The van der Waals surface area contributed by atoms with E-state index in [-0.39, 0.29) is 24.9 Å². The summed E-state index contributed by atoms with van der Waals surface area (Å²) in [5, 5.41) is 5.36. The summed E-state index contributed by atoms with van der Waals surface area (Å²) in [6.45, 7) is 3.98. The van der Waals surface area contributed by atoms with Crippen molar-refractivity contribution in [1.82, 2.24) is 10.2 Å². The number of imide groups is 1. The third-order valence-corrected chi connectivity index (χ3v) is 4.13. The zero-order chi connectivity index (χ0) is 12.6. The first kappa shape index (κ1) is 12.5. The van der Waals surface area contributed by atoms with Crippen molar-refractivity contribution in [2.45, 2.75) is 25.9 Å². The van der Waals surface area contributed by atoms with Crippen LogP contribution in [0.15, 0.2) is 11.4 Å². The molecule has 2 rings (SSSR count). The fourth-order valence-corrected chi connectivity index (χ4v) is 2.74. The van der Waals surface area contributed by atoms with E-state index in [0.717, 1.165) is 4.88 Å². The van der Waals surface area contributed by atoms with E-state index in [9.17, 15) is 9.59 Å². The lowest BCUT2D eigenvalue weighted by Gasteiger charge is -2.36. The second-order valence-electron chi connectivity index (χ2n) is 4.46. The summed E-state index contributed by atoms with van der Waals surface area (Å²) in [5.41, 5.74) is -0.697. The quantitative estimate of drug-likeness (QED) is 0.833. The molecule has 0 unspecified atom stereocenters. The molecule has 92 valence electrons. The number of hydrogen-bond donors (Lipinski definition) is 1. The molecule has 0 aromatic carbocycles. The van der Waals surface area contributed by atoms with Gasteiger partial charge in [-0.2, -0.15) is 0 Å². The van der Waals surface area contributed by atoms with Crippen LogP contribution in [0.1, 0.15) is 18.7 Å². The smallest absolute Gasteiger partial charge is 0.249 e. The van der Waals surface area contributed by atoms with E-state index in [1.54, 1.807) is 19.9 Å². The molecule has 1 fully saturated rings. The van der Waals surface area contributed by atoms with Gasteiger partial charge in [-0.15, -0.1) is 11.3 Å². The van der Waals surface area contributed by atoms with Gasteiger partial charge in [-0.1, -0.05) is 11.6 Å². The molecule has 0 spiro atoms. The maximum atomic E-state index is 12.1. The standard InChI is InChI=1S/C11H13ClN2O2S/c1-11(2)10(16)14(9(15)5-13-11)6-8-7(12)3-4-17-8/h3-4,13H,5-6H2,1-2H3. The molecule has 2 heterocycles. The highest BCUT2D eigenvalue weighted by atomic mass is 35.5. The van der Waals surface area contributed by atoms with Gasteiger partial charge in [-0.05, 0) is 25.3 Å². The van der Waals surface area contributed by atoms with Crippen LogP contribution in [0.3, 0.4) is 0 Å². The molecule has 4 nitrogen and oxygen atoms in total. The van der Waals surface area contributed by atoms with Gasteiger partial charge in [0.25, 0.3) is 0 Å². The predicted molar refractivity (Wildman–Crippen MR) is 67.0 cm³/mol. The Labute approximate surface area is 109 Å². The second kappa shape index (κ2) is 4.40. The molecule has 1 aliphatic heterocycles. The van der Waals surface area contributed by atoms with Crippen molar-refractivity contribution in [1.29, 1.82) is 0 Å². The molecule has 0 atom stereocenters. The SMILES string of the molecule is CC1(C)NCC(=O)N(Cc2sccc2Cl)C1=O. The van der Waals surface area contributed by atoms with E-state index in [4.69, 9.17) is 11.6 Å². The fourth-order valence-electron chi connectivity index (χ4n) is 1.66. The van der Waals surface area contributed by atoms with Crippen LogP contribution in [-0.4, -0.2) is 28.8 Å². The number of halogens is 1. The molecule has 1 aliphatic rings. The minimum absolute atomic E-state index is 0.182. The van der Waals surface area contributed by atoms with E-state index in [1.165, 1.54) is 16.2 Å². The zero-order valence-electron chi connectivity index (χ0n) is 9.62. The number of thiophene rings is 1. The number of amides is 2. The van der Waals surface area contributed by atoms with Gasteiger partial charge in [0.15, 0.2) is 0 Å². The molecule has 17 heavy (non-hydrogen) atoms. The molecule has 1 N–H and O–H groups in total. The maximum absolute atomic E-state index is 12.1. The van der Waals surface area contributed by atoms with E-state index in [1.807, 2.05) is 5.38 Å². The van der Waals surface area contributed by atoms with E-state index < -0.39 is 5.54 Å². The average molecular weight is 273 g/mol. The molecule has 0 radical (unpaired) electrons. The summed E-state index contributed by atoms with van der Waals surface area (Å²) in [6.07, 6.45) is 0. The van der Waals surface area contributed by atoms with Crippen LogP contribution in [0, 0.1) is 0 Å². The monoisotopic (exact) mass is 272 g/mol. The topological polar surface area (TPSA) is 49.4 Å². The van der Waals surface area contributed by atoms with Gasteiger partial charge < -0.3 is 0 Å². The molecule has 1 aromatic heterocycles. The number of hydrogen-bond acceptors (Lipinski definition) is 4. The Morgan fingerprint density at radius 2 is 2.24 bits per heavy atom. The van der Waals surface area contributed by atoms with Gasteiger partial charge >= 0.3 is 0 Å². The Hall–Kier alpha value is -0.910. The highest BCUT2D eigenvalue weighted by molar-refractivity contribution is 7.10. The van der Waals surface area contributed by atoms with Gasteiger partial charge in [-0.25, -0.2) is 0 Å². The first-order chi connectivity index (χ1) is 7.92. The van der Waals surface area contributed by atoms with Crippen molar-refractivity contribution in [2.24, 2.45) is 0 Å². The lowest BCUT2D eigenvalue weighted by atomic mass is 10.0. The van der Waals surface area contributed by atoms with Crippen molar-refractivity contribution >= 4 is 34.8 Å². The van der Waals surface area contributed by atoms with Gasteiger partial charge in [0.1, 0.15) is 0 Å². The van der Waals surface area contributed by atoms with Crippen LogP contribution in [0.2, 0.25) is 5.02 Å². The lowest BCUT2D eigenvalue weighted by Crippen LogP contribution is -2.63. The third-order valence-electron chi connectivity index (χ3n) is 2.76. The summed E-state index contributed by atoms with van der Waals surface area (Å²) in [4.78, 5) is 25.9. The molecule has 2 amide bonds. The molecule has 1 saturated heterocycles. The highest BCUT2D eigenvalue weighted by Crippen LogP contribution is 2.25. The van der Waals surface area contributed by atoms with Crippen molar-refractivity contribution in [3.05, 3.63) is 21.3 Å². The van der Waals surface area contributed by atoms with Crippen molar-refractivity contribution in [3.8, 4) is 0 Å². The van der Waals surface area contributed by atoms with Crippen LogP contribution >= 0.6 is 22.9 Å². The Morgan fingerprint density at radius 3 is 2.82 bits per heavy atom. The molecule has 1 aromatic rings. The van der Waals surface area contributed by atoms with Crippen LogP contribution in [-0.2, 0) is 16.1 Å². The fraction of sp³-hybridized carbons (Fsp3) is 0.455. The second-order valence-corrected chi connectivity index (χ2v) is 5.86. The number of rotatable bonds is 2. The molecule has 0 saturated carbocycles. The molecule has 0 bridgehead atoms. The summed E-state index contributed by atoms with van der Waals surface area (Å²) in [5.74, 6) is -0.419. The molecule has 6 heteroatoms. The van der Waals surface area contributed by atoms with Gasteiger partial charge in [0.05, 0.1) is 23.7 Å². The predicted octanol–water partition coefficient (Wildman–Crippen LogP) is 1.64. The first-order valence-electron chi connectivity index (χ1n) is 5.23. The van der Waals surface area contributed by atoms with Crippen LogP contribution in [0.25, 0.3) is 0 Å². The van der Waals surface area contributed by atoms with Gasteiger partial charge in [-0.3, -0.25) is 19.8 Å². The molecular formula is C11H13ClN2O2S. The third kappa shape index (κ3) is 2.36. The highest BCUT2D eigenvalue weighted by Gasteiger charge is 2.39. The Bertz CT molecular complexity index is 470. The van der Waals surface area contributed by atoms with E-state index in [0.29, 0.717) is 5.02 Å². The van der Waals surface area contributed by atoms with Crippen molar-refractivity contribution in [2.75, 3.05) is 6.54 Å². The van der Waals surface area contributed by atoms with Crippen LogP contribution in [0.5, 0.6) is 0 Å². The maximum Gasteiger partial charge on any atom is 0.249 e. The Morgan fingerprint density at radius 1 is 1.53 bits per heavy atom. The zero-order valence-corrected chi connectivity index (χ0v) is 11.2. The van der Waals surface area contributed by atoms with Crippen LogP contribution in [0.4, 0.5) is 0 Å². The van der Waals surface area contributed by atoms with Crippen molar-refractivity contribution < 1.29 is 9.59 Å². The first-order valence-corrected chi connectivity index (χ1v) is 6.49. The molecule has 0 aliphatic carbocycles. The molecular weight excluding hydrogens is 260 g/mol. The average Bonchev–Trinajstić information content (AvgIpc) is 2.66. The largest absolute Gasteiger partial charge is 0.295 e. The summed E-state index contributed by atoms with van der Waals surface area (Å²) < 4.78 is 0. The Kier molecular flexibility index (Phi) is 3.25. The summed E-state index contributed by atoms with van der Waals surface area (Å²) in [6, 6.07) is 1.77. The number of nitrogens with one attached hydrogen (secondary N) is 1. The lowest BCUT2D eigenvalue weighted by molar-refractivity contribution is -0.153. The number of piperazine rings is 1.